The first-order valence-corrected chi connectivity index (χ1v) is 8.70. The van der Waals surface area contributed by atoms with Gasteiger partial charge in [-0.25, -0.2) is 4.98 Å². The average molecular weight is 368 g/mol. The summed E-state index contributed by atoms with van der Waals surface area (Å²) in [5.41, 5.74) is 2.19. The molecule has 4 nitrogen and oxygen atoms in total. The zero-order valence-corrected chi connectivity index (χ0v) is 14.6. The summed E-state index contributed by atoms with van der Waals surface area (Å²) in [7, 11) is 0. The number of carbonyl (C=O) groups is 1. The maximum atomic E-state index is 12.0. The van der Waals surface area contributed by atoms with Crippen LogP contribution in [0.3, 0.4) is 0 Å². The Hall–Kier alpha value is -1.14. The van der Waals surface area contributed by atoms with Crippen LogP contribution in [0.5, 0.6) is 0 Å². The van der Waals surface area contributed by atoms with Crippen molar-refractivity contribution in [2.45, 2.75) is 31.0 Å². The van der Waals surface area contributed by atoms with E-state index in [0.29, 0.717) is 5.13 Å². The van der Waals surface area contributed by atoms with E-state index in [1.165, 1.54) is 29.9 Å². The Morgan fingerprint density at radius 3 is 2.76 bits per heavy atom. The van der Waals surface area contributed by atoms with Crippen LogP contribution in [-0.4, -0.2) is 28.3 Å². The number of aromatic nitrogens is 1. The van der Waals surface area contributed by atoms with Gasteiger partial charge in [0.25, 0.3) is 0 Å². The Labute approximate surface area is 136 Å². The smallest absolute Gasteiger partial charge is 0.242 e. The highest BCUT2D eigenvalue weighted by Crippen LogP contribution is 2.31. The average Bonchev–Trinajstić information content (AvgIpc) is 3.05. The topological polar surface area (TPSA) is 45.2 Å². The molecule has 1 N–H and O–H groups in total. The molecule has 3 rings (SSSR count). The highest BCUT2D eigenvalue weighted by molar-refractivity contribution is 9.10. The van der Waals surface area contributed by atoms with Gasteiger partial charge in [0.15, 0.2) is 5.13 Å². The van der Waals surface area contributed by atoms with Crippen molar-refractivity contribution in [2.75, 3.05) is 23.3 Å². The molecule has 0 aliphatic carbocycles. The zero-order valence-electron chi connectivity index (χ0n) is 12.1. The number of fused-ring (bicyclic) bond motifs is 1. The maximum Gasteiger partial charge on any atom is 0.242 e. The first kappa shape index (κ1) is 14.8. The van der Waals surface area contributed by atoms with E-state index in [4.69, 9.17) is 0 Å². The molecule has 21 heavy (non-hydrogen) atoms. The van der Waals surface area contributed by atoms with Crippen LogP contribution in [0.1, 0.15) is 26.7 Å². The number of anilines is 2. The lowest BCUT2D eigenvalue weighted by atomic mass is 10.2. The first-order chi connectivity index (χ1) is 9.93. The SMILES string of the molecule is CC(C)(Br)C(=O)Nc1nc2ccc(N3CCCC3)cc2s1. The molecule has 1 aromatic carbocycles. The molecule has 1 saturated heterocycles. The summed E-state index contributed by atoms with van der Waals surface area (Å²) in [6.45, 7) is 5.90. The third-order valence-corrected chi connectivity index (χ3v) is 4.90. The molecular weight excluding hydrogens is 350 g/mol. The van der Waals surface area contributed by atoms with E-state index in [0.717, 1.165) is 23.3 Å². The lowest BCUT2D eigenvalue weighted by Crippen LogP contribution is -2.30. The molecule has 0 bridgehead atoms. The van der Waals surface area contributed by atoms with Gasteiger partial charge < -0.3 is 10.2 Å². The van der Waals surface area contributed by atoms with E-state index in [9.17, 15) is 4.79 Å². The van der Waals surface area contributed by atoms with Crippen LogP contribution in [0.4, 0.5) is 10.8 Å². The molecule has 1 aromatic heterocycles. The predicted octanol–water partition coefficient (Wildman–Crippen LogP) is 4.01. The molecule has 0 atom stereocenters. The number of alkyl halides is 1. The van der Waals surface area contributed by atoms with Crippen LogP contribution in [0.15, 0.2) is 18.2 Å². The molecule has 6 heteroatoms. The molecule has 1 aliphatic heterocycles. The van der Waals surface area contributed by atoms with E-state index < -0.39 is 4.32 Å². The molecular formula is C15H18BrN3OS. The van der Waals surface area contributed by atoms with Crippen LogP contribution in [-0.2, 0) is 4.79 Å². The van der Waals surface area contributed by atoms with Gasteiger partial charge in [-0.3, -0.25) is 4.79 Å². The summed E-state index contributed by atoms with van der Waals surface area (Å²) in [6, 6.07) is 6.33. The van der Waals surface area contributed by atoms with Crippen LogP contribution >= 0.6 is 27.3 Å². The second kappa shape index (κ2) is 5.57. The molecule has 0 unspecified atom stereocenters. The summed E-state index contributed by atoms with van der Waals surface area (Å²) >= 11 is 4.88. The van der Waals surface area contributed by atoms with Crippen molar-refractivity contribution < 1.29 is 4.79 Å². The number of thiazole rings is 1. The van der Waals surface area contributed by atoms with Crippen LogP contribution in [0.2, 0.25) is 0 Å². The normalized spacial score (nSPS) is 15.7. The van der Waals surface area contributed by atoms with Gasteiger partial charge in [-0.2, -0.15) is 0 Å². The minimum Gasteiger partial charge on any atom is -0.371 e. The van der Waals surface area contributed by atoms with Gasteiger partial charge in [-0.1, -0.05) is 27.3 Å². The Balaban J connectivity index is 1.84. The van der Waals surface area contributed by atoms with Crippen LogP contribution in [0, 0.1) is 0 Å². The molecule has 0 radical (unpaired) electrons. The van der Waals surface area contributed by atoms with Gasteiger partial charge in [0, 0.05) is 18.8 Å². The third-order valence-electron chi connectivity index (χ3n) is 3.60. The Bertz CT molecular complexity index is 671. The van der Waals surface area contributed by atoms with Crippen molar-refractivity contribution in [2.24, 2.45) is 0 Å². The molecule has 2 heterocycles. The summed E-state index contributed by atoms with van der Waals surface area (Å²) in [5, 5.41) is 3.52. The van der Waals surface area contributed by atoms with Gasteiger partial charge >= 0.3 is 0 Å². The lowest BCUT2D eigenvalue weighted by molar-refractivity contribution is -0.117. The second-order valence-corrected chi connectivity index (χ2v) is 8.80. The highest BCUT2D eigenvalue weighted by atomic mass is 79.9. The van der Waals surface area contributed by atoms with E-state index in [1.54, 1.807) is 0 Å². The summed E-state index contributed by atoms with van der Waals surface area (Å²) in [5.74, 6) is -0.0821. The Morgan fingerprint density at radius 1 is 1.38 bits per heavy atom. The fourth-order valence-corrected chi connectivity index (χ4v) is 3.38. The van der Waals surface area contributed by atoms with Crippen molar-refractivity contribution in [3.63, 3.8) is 0 Å². The number of carbonyl (C=O) groups excluding carboxylic acids is 1. The number of hydrogen-bond donors (Lipinski definition) is 1. The van der Waals surface area contributed by atoms with Crippen molar-refractivity contribution in [1.29, 1.82) is 0 Å². The quantitative estimate of drug-likeness (QED) is 0.833. The summed E-state index contributed by atoms with van der Waals surface area (Å²) < 4.78 is 0.521. The largest absolute Gasteiger partial charge is 0.371 e. The molecule has 0 spiro atoms. The predicted molar refractivity (Wildman–Crippen MR) is 92.7 cm³/mol. The van der Waals surface area contributed by atoms with E-state index in [2.05, 4.69) is 43.3 Å². The van der Waals surface area contributed by atoms with Crippen molar-refractivity contribution in [3.05, 3.63) is 18.2 Å². The van der Waals surface area contributed by atoms with Gasteiger partial charge in [-0.15, -0.1) is 0 Å². The highest BCUT2D eigenvalue weighted by Gasteiger charge is 2.24. The Kier molecular flexibility index (Phi) is 3.92. The molecule has 1 amide bonds. The summed E-state index contributed by atoms with van der Waals surface area (Å²) in [6.07, 6.45) is 2.53. The molecule has 112 valence electrons. The fraction of sp³-hybridized carbons (Fsp3) is 0.467. The standard InChI is InChI=1S/C15H18BrN3OS/c1-15(2,16)13(20)18-14-17-11-6-5-10(9-12(11)21-14)19-7-3-4-8-19/h5-6,9H,3-4,7-8H2,1-2H3,(H,17,18,20). The van der Waals surface area contributed by atoms with Crippen molar-refractivity contribution in [1.82, 2.24) is 4.98 Å². The van der Waals surface area contributed by atoms with Gasteiger partial charge in [0.05, 0.1) is 14.5 Å². The van der Waals surface area contributed by atoms with Gasteiger partial charge in [-0.05, 0) is 44.9 Å². The van der Waals surface area contributed by atoms with Gasteiger partial charge in [0.2, 0.25) is 5.91 Å². The number of hydrogen-bond acceptors (Lipinski definition) is 4. The number of benzene rings is 1. The van der Waals surface area contributed by atoms with Crippen molar-refractivity contribution >= 4 is 54.2 Å². The first-order valence-electron chi connectivity index (χ1n) is 7.09. The number of amides is 1. The fourth-order valence-electron chi connectivity index (χ4n) is 2.38. The maximum absolute atomic E-state index is 12.0. The third kappa shape index (κ3) is 3.21. The summed E-state index contributed by atoms with van der Waals surface area (Å²) in [4.78, 5) is 18.9. The van der Waals surface area contributed by atoms with E-state index in [1.807, 2.05) is 19.9 Å². The number of nitrogens with one attached hydrogen (secondary N) is 1. The molecule has 2 aromatic rings. The minimum absolute atomic E-state index is 0.0821. The lowest BCUT2D eigenvalue weighted by Gasteiger charge is -2.16. The van der Waals surface area contributed by atoms with E-state index >= 15 is 0 Å². The monoisotopic (exact) mass is 367 g/mol. The minimum atomic E-state index is -0.592. The van der Waals surface area contributed by atoms with Crippen LogP contribution in [0.25, 0.3) is 10.2 Å². The number of nitrogens with zero attached hydrogens (tertiary/aromatic N) is 2. The zero-order chi connectivity index (χ0) is 15.0. The van der Waals surface area contributed by atoms with Crippen molar-refractivity contribution in [3.8, 4) is 0 Å². The molecule has 1 fully saturated rings. The van der Waals surface area contributed by atoms with Gasteiger partial charge in [0.1, 0.15) is 0 Å². The molecule has 0 saturated carbocycles. The number of halogens is 1. The Morgan fingerprint density at radius 2 is 2.10 bits per heavy atom. The van der Waals surface area contributed by atoms with Crippen LogP contribution < -0.4 is 10.2 Å². The van der Waals surface area contributed by atoms with E-state index in [-0.39, 0.29) is 5.91 Å². The second-order valence-electron chi connectivity index (χ2n) is 5.79. The number of rotatable bonds is 3. The molecule has 1 aliphatic rings.